The Bertz CT molecular complexity index is 590. The molecule has 1 aromatic carbocycles. The van der Waals surface area contributed by atoms with Crippen molar-refractivity contribution >= 4 is 34.1 Å². The molecule has 0 aliphatic carbocycles. The molecule has 0 saturated heterocycles. The number of fused-ring (bicyclic) bond motifs is 1. The van der Waals surface area contributed by atoms with Gasteiger partial charge in [0.25, 0.3) is 0 Å². The van der Waals surface area contributed by atoms with Crippen LogP contribution in [0.2, 0.25) is 10.0 Å². The lowest BCUT2D eigenvalue weighted by Gasteiger charge is -2.15. The minimum Gasteiger partial charge on any atom is -0.346 e. The van der Waals surface area contributed by atoms with Crippen LogP contribution in [-0.2, 0) is 6.54 Å². The van der Waals surface area contributed by atoms with Gasteiger partial charge in [0, 0.05) is 35.7 Å². The summed E-state index contributed by atoms with van der Waals surface area (Å²) in [6.07, 6.45) is 4.57. The highest BCUT2D eigenvalue weighted by Crippen LogP contribution is 2.28. The van der Waals surface area contributed by atoms with Gasteiger partial charge >= 0.3 is 0 Å². The number of benzene rings is 1. The Morgan fingerprint density at radius 3 is 2.62 bits per heavy atom. The van der Waals surface area contributed by atoms with Crippen molar-refractivity contribution < 1.29 is 0 Å². The van der Waals surface area contributed by atoms with E-state index >= 15 is 0 Å². The molecule has 0 aliphatic heterocycles. The van der Waals surface area contributed by atoms with E-state index in [2.05, 4.69) is 42.9 Å². The van der Waals surface area contributed by atoms with Crippen molar-refractivity contribution in [3.8, 4) is 0 Å². The van der Waals surface area contributed by atoms with Gasteiger partial charge in [-0.25, -0.2) is 0 Å². The van der Waals surface area contributed by atoms with E-state index in [1.165, 1.54) is 12.8 Å². The highest BCUT2D eigenvalue weighted by atomic mass is 35.5. The summed E-state index contributed by atoms with van der Waals surface area (Å²) in [5.74, 6) is 0.770. The molecular formula is C17H24Cl2N2. The van der Waals surface area contributed by atoms with Crippen LogP contribution in [0.1, 0.15) is 33.6 Å². The van der Waals surface area contributed by atoms with E-state index in [4.69, 9.17) is 23.2 Å². The van der Waals surface area contributed by atoms with Crippen molar-refractivity contribution in [1.82, 2.24) is 9.88 Å². The number of nitrogens with zero attached hydrogens (tertiary/aromatic N) is 1. The molecule has 0 fully saturated rings. The summed E-state index contributed by atoms with van der Waals surface area (Å²) < 4.78 is 2.20. The van der Waals surface area contributed by atoms with Crippen LogP contribution in [0.25, 0.3) is 10.9 Å². The predicted octanol–water partition coefficient (Wildman–Crippen LogP) is 5.36. The molecule has 2 rings (SSSR count). The van der Waals surface area contributed by atoms with Gasteiger partial charge in [0.05, 0.1) is 10.5 Å². The van der Waals surface area contributed by atoms with E-state index in [-0.39, 0.29) is 0 Å². The fraction of sp³-hybridized carbons (Fsp3) is 0.529. The Morgan fingerprint density at radius 1 is 1.14 bits per heavy atom. The molecular weight excluding hydrogens is 303 g/mol. The van der Waals surface area contributed by atoms with Gasteiger partial charge in [-0.3, -0.25) is 0 Å². The molecule has 2 nitrogen and oxygen atoms in total. The molecule has 0 bridgehead atoms. The van der Waals surface area contributed by atoms with Gasteiger partial charge in [-0.05, 0) is 43.9 Å². The molecule has 1 N–H and O–H groups in total. The maximum absolute atomic E-state index is 6.22. The third kappa shape index (κ3) is 4.64. The normalized spacial score (nSPS) is 13.2. The largest absolute Gasteiger partial charge is 0.346 e. The van der Waals surface area contributed by atoms with E-state index in [1.807, 2.05) is 6.07 Å². The zero-order chi connectivity index (χ0) is 15.4. The Morgan fingerprint density at radius 2 is 1.90 bits per heavy atom. The highest BCUT2D eigenvalue weighted by molar-refractivity contribution is 6.38. The predicted molar refractivity (Wildman–Crippen MR) is 93.5 cm³/mol. The van der Waals surface area contributed by atoms with Crippen LogP contribution in [0.15, 0.2) is 24.4 Å². The van der Waals surface area contributed by atoms with Crippen LogP contribution in [-0.4, -0.2) is 17.2 Å². The zero-order valence-corrected chi connectivity index (χ0v) is 14.5. The van der Waals surface area contributed by atoms with Crippen LogP contribution in [0.3, 0.4) is 0 Å². The molecule has 1 atom stereocenters. The molecule has 4 heteroatoms. The highest BCUT2D eigenvalue weighted by Gasteiger charge is 2.07. The van der Waals surface area contributed by atoms with Crippen molar-refractivity contribution in [2.45, 2.75) is 46.2 Å². The van der Waals surface area contributed by atoms with Gasteiger partial charge in [-0.2, -0.15) is 0 Å². The number of aromatic nitrogens is 1. The van der Waals surface area contributed by atoms with E-state index in [9.17, 15) is 0 Å². The van der Waals surface area contributed by atoms with E-state index < -0.39 is 0 Å². The minimum absolute atomic E-state index is 0.557. The van der Waals surface area contributed by atoms with Crippen molar-refractivity contribution in [1.29, 1.82) is 0 Å². The summed E-state index contributed by atoms with van der Waals surface area (Å²) in [4.78, 5) is 0. The first-order valence-electron chi connectivity index (χ1n) is 7.64. The second kappa shape index (κ2) is 7.53. The smallest absolute Gasteiger partial charge is 0.0514 e. The Hall–Kier alpha value is -0.700. The number of halogens is 2. The van der Waals surface area contributed by atoms with Crippen molar-refractivity contribution in [2.75, 3.05) is 6.54 Å². The number of hydrogen-bond acceptors (Lipinski definition) is 1. The Kier molecular flexibility index (Phi) is 5.98. The fourth-order valence-electron chi connectivity index (χ4n) is 2.53. The Labute approximate surface area is 137 Å². The molecule has 1 heterocycles. The van der Waals surface area contributed by atoms with Gasteiger partial charge in [-0.1, -0.05) is 37.0 Å². The molecule has 0 radical (unpaired) electrons. The standard InChI is InChI=1S/C17H24Cl2N2/c1-12(2)4-5-13(3)20-7-9-21-8-6-15-16(19)10-14(18)11-17(15)21/h6,8,10-13,20H,4-5,7,9H2,1-3H3. The Balaban J connectivity index is 1.92. The molecule has 1 aromatic heterocycles. The zero-order valence-electron chi connectivity index (χ0n) is 13.0. The lowest BCUT2D eigenvalue weighted by Crippen LogP contribution is -2.29. The molecule has 2 aromatic rings. The summed E-state index contributed by atoms with van der Waals surface area (Å²) in [5, 5.41) is 6.05. The average Bonchev–Trinajstić information content (AvgIpc) is 2.80. The lowest BCUT2D eigenvalue weighted by molar-refractivity contribution is 0.443. The third-order valence-corrected chi connectivity index (χ3v) is 4.36. The molecule has 0 amide bonds. The first-order chi connectivity index (χ1) is 9.97. The first kappa shape index (κ1) is 16.7. The topological polar surface area (TPSA) is 17.0 Å². The van der Waals surface area contributed by atoms with Crippen molar-refractivity contribution in [2.24, 2.45) is 5.92 Å². The third-order valence-electron chi connectivity index (χ3n) is 3.83. The molecule has 116 valence electrons. The second-order valence-corrected chi connectivity index (χ2v) is 7.00. The number of hydrogen-bond donors (Lipinski definition) is 1. The van der Waals surface area contributed by atoms with Crippen LogP contribution in [0.5, 0.6) is 0 Å². The van der Waals surface area contributed by atoms with E-state index in [0.29, 0.717) is 11.1 Å². The maximum Gasteiger partial charge on any atom is 0.0514 e. The molecule has 0 saturated carbocycles. The van der Waals surface area contributed by atoms with Crippen LogP contribution in [0, 0.1) is 5.92 Å². The SMILES string of the molecule is CC(C)CCC(C)NCCn1ccc2c(Cl)cc(Cl)cc21. The molecule has 21 heavy (non-hydrogen) atoms. The summed E-state index contributed by atoms with van der Waals surface area (Å²) in [7, 11) is 0. The first-order valence-corrected chi connectivity index (χ1v) is 8.40. The molecule has 1 unspecified atom stereocenters. The van der Waals surface area contributed by atoms with Crippen LogP contribution >= 0.6 is 23.2 Å². The van der Waals surface area contributed by atoms with E-state index in [1.54, 1.807) is 6.07 Å². The lowest BCUT2D eigenvalue weighted by atomic mass is 10.0. The van der Waals surface area contributed by atoms with Gasteiger partial charge < -0.3 is 9.88 Å². The summed E-state index contributed by atoms with van der Waals surface area (Å²) in [6.45, 7) is 8.67. The summed E-state index contributed by atoms with van der Waals surface area (Å²) >= 11 is 12.3. The number of nitrogens with one attached hydrogen (secondary N) is 1. The van der Waals surface area contributed by atoms with Gasteiger partial charge in [0.1, 0.15) is 0 Å². The monoisotopic (exact) mass is 326 g/mol. The minimum atomic E-state index is 0.557. The summed E-state index contributed by atoms with van der Waals surface area (Å²) in [5.41, 5.74) is 1.10. The van der Waals surface area contributed by atoms with Gasteiger partial charge in [0.15, 0.2) is 0 Å². The molecule has 0 aliphatic rings. The quantitative estimate of drug-likeness (QED) is 0.724. The van der Waals surface area contributed by atoms with Crippen LogP contribution in [0.4, 0.5) is 0 Å². The van der Waals surface area contributed by atoms with Crippen molar-refractivity contribution in [3.05, 3.63) is 34.4 Å². The van der Waals surface area contributed by atoms with Gasteiger partial charge in [0.2, 0.25) is 0 Å². The van der Waals surface area contributed by atoms with Crippen molar-refractivity contribution in [3.63, 3.8) is 0 Å². The average molecular weight is 327 g/mol. The summed E-state index contributed by atoms with van der Waals surface area (Å²) in [6, 6.07) is 6.38. The van der Waals surface area contributed by atoms with Gasteiger partial charge in [-0.15, -0.1) is 0 Å². The van der Waals surface area contributed by atoms with E-state index in [0.717, 1.165) is 34.9 Å². The second-order valence-electron chi connectivity index (χ2n) is 6.16. The van der Waals surface area contributed by atoms with Crippen LogP contribution < -0.4 is 5.32 Å². The molecule has 0 spiro atoms. The fourth-order valence-corrected chi connectivity index (χ4v) is 3.08. The number of rotatable bonds is 7. The maximum atomic E-state index is 6.22.